The number of aryl methyl sites for hydroxylation is 1. The van der Waals surface area contributed by atoms with Crippen molar-refractivity contribution in [2.75, 3.05) is 18.1 Å². The van der Waals surface area contributed by atoms with E-state index in [0.29, 0.717) is 18.2 Å². The summed E-state index contributed by atoms with van der Waals surface area (Å²) in [5, 5.41) is 0. The summed E-state index contributed by atoms with van der Waals surface area (Å²) >= 11 is 0. The summed E-state index contributed by atoms with van der Waals surface area (Å²) in [5.74, 6) is 0.706. The molecule has 5 rings (SSSR count). The van der Waals surface area contributed by atoms with Crippen molar-refractivity contribution in [2.45, 2.75) is 25.0 Å². The quantitative estimate of drug-likeness (QED) is 0.690. The molecule has 2 atom stereocenters. The van der Waals surface area contributed by atoms with Crippen LogP contribution in [0, 0.1) is 0 Å². The Morgan fingerprint density at radius 3 is 2.82 bits per heavy atom. The lowest BCUT2D eigenvalue weighted by Gasteiger charge is -2.45. The van der Waals surface area contributed by atoms with Gasteiger partial charge in [-0.3, -0.25) is 14.3 Å². The van der Waals surface area contributed by atoms with Crippen LogP contribution in [-0.2, 0) is 18.2 Å². The van der Waals surface area contributed by atoms with Gasteiger partial charge in [-0.15, -0.1) is 0 Å². The predicted octanol–water partition coefficient (Wildman–Crippen LogP) is 2.74. The lowest BCUT2D eigenvalue weighted by Crippen LogP contribution is -2.51. The zero-order valence-corrected chi connectivity index (χ0v) is 15.8. The fraction of sp³-hybridized carbons (Fsp3) is 0.318. The van der Waals surface area contributed by atoms with Gasteiger partial charge in [-0.25, -0.2) is 4.98 Å². The Kier molecular flexibility index (Phi) is 4.20. The lowest BCUT2D eigenvalue weighted by molar-refractivity contribution is 0.00176. The minimum atomic E-state index is -0.0592. The van der Waals surface area contributed by atoms with E-state index in [2.05, 4.69) is 34.1 Å². The summed E-state index contributed by atoms with van der Waals surface area (Å²) < 4.78 is 7.83. The molecule has 6 nitrogen and oxygen atoms in total. The van der Waals surface area contributed by atoms with Gasteiger partial charge in [-0.2, -0.15) is 0 Å². The van der Waals surface area contributed by atoms with Crippen LogP contribution >= 0.6 is 0 Å². The average molecular weight is 374 g/mol. The van der Waals surface area contributed by atoms with E-state index in [0.717, 1.165) is 24.9 Å². The number of hydrogen-bond donors (Lipinski definition) is 0. The van der Waals surface area contributed by atoms with Gasteiger partial charge in [0, 0.05) is 37.6 Å². The molecule has 0 saturated carbocycles. The summed E-state index contributed by atoms with van der Waals surface area (Å²) in [6.45, 7) is 1.34. The Bertz CT molecular complexity index is 1060. The molecule has 28 heavy (non-hydrogen) atoms. The van der Waals surface area contributed by atoms with Gasteiger partial charge < -0.3 is 9.64 Å². The molecule has 0 unspecified atom stereocenters. The van der Waals surface area contributed by atoms with Gasteiger partial charge >= 0.3 is 0 Å². The molecule has 0 amide bonds. The molecule has 6 heteroatoms. The highest BCUT2D eigenvalue weighted by molar-refractivity contribution is 5.59. The molecule has 0 N–H and O–H groups in total. The van der Waals surface area contributed by atoms with Crippen LogP contribution in [0.4, 0.5) is 5.95 Å². The summed E-state index contributed by atoms with van der Waals surface area (Å²) in [6.07, 6.45) is 5.44. The maximum Gasteiger partial charge on any atom is 0.255 e. The molecule has 1 aliphatic carbocycles. The van der Waals surface area contributed by atoms with Gasteiger partial charge in [-0.1, -0.05) is 24.3 Å². The molecular formula is C22H22N4O2. The third kappa shape index (κ3) is 2.81. The summed E-state index contributed by atoms with van der Waals surface area (Å²) in [4.78, 5) is 23.9. The number of anilines is 1. The van der Waals surface area contributed by atoms with Crippen molar-refractivity contribution in [1.29, 1.82) is 0 Å². The van der Waals surface area contributed by atoms with Crippen molar-refractivity contribution in [3.8, 4) is 11.3 Å². The van der Waals surface area contributed by atoms with Crippen LogP contribution in [0.1, 0.15) is 23.7 Å². The molecule has 3 heterocycles. The van der Waals surface area contributed by atoms with Crippen molar-refractivity contribution in [3.05, 3.63) is 76.3 Å². The number of ether oxygens (including phenoxy) is 1. The second-order valence-electron chi connectivity index (χ2n) is 7.36. The van der Waals surface area contributed by atoms with E-state index in [1.165, 1.54) is 11.1 Å². The van der Waals surface area contributed by atoms with E-state index < -0.39 is 0 Å². The smallest absolute Gasteiger partial charge is 0.255 e. The average Bonchev–Trinajstić information content (AvgIpc) is 2.75. The first kappa shape index (κ1) is 17.1. The Labute approximate surface area is 163 Å². The minimum absolute atomic E-state index is 0.0141. The molecule has 1 fully saturated rings. The number of benzene rings is 1. The van der Waals surface area contributed by atoms with Gasteiger partial charge in [0.15, 0.2) is 0 Å². The standard InChI is InChI=1S/C22H22N4O2/c1-25-20(27)14-18(16-8-10-23-11-9-16)24-22(25)26-12-13-28-21-17-5-3-2-4-15(17)6-7-19(21)26/h2-5,8-11,14,19,21H,6-7,12-13H2,1H3/t19-,21+/m1/s1. The Morgan fingerprint density at radius 1 is 1.14 bits per heavy atom. The van der Waals surface area contributed by atoms with Crippen LogP contribution in [0.2, 0.25) is 0 Å². The molecule has 142 valence electrons. The topological polar surface area (TPSA) is 60.2 Å². The van der Waals surface area contributed by atoms with Gasteiger partial charge in [0.25, 0.3) is 5.56 Å². The van der Waals surface area contributed by atoms with Gasteiger partial charge in [0.05, 0.1) is 18.3 Å². The fourth-order valence-electron chi connectivity index (χ4n) is 4.37. The number of rotatable bonds is 2. The van der Waals surface area contributed by atoms with Crippen LogP contribution in [0.15, 0.2) is 59.7 Å². The zero-order valence-electron chi connectivity index (χ0n) is 15.8. The molecule has 0 bridgehead atoms. The molecule has 1 aliphatic heterocycles. The van der Waals surface area contributed by atoms with Crippen molar-refractivity contribution < 1.29 is 4.74 Å². The molecule has 0 spiro atoms. The van der Waals surface area contributed by atoms with Gasteiger partial charge in [0.1, 0.15) is 6.10 Å². The first-order valence-electron chi connectivity index (χ1n) is 9.67. The van der Waals surface area contributed by atoms with E-state index in [1.54, 1.807) is 30.1 Å². The fourth-order valence-corrected chi connectivity index (χ4v) is 4.37. The maximum absolute atomic E-state index is 12.7. The molecular weight excluding hydrogens is 352 g/mol. The van der Waals surface area contributed by atoms with E-state index in [9.17, 15) is 4.79 Å². The molecule has 3 aromatic rings. The largest absolute Gasteiger partial charge is 0.370 e. The second kappa shape index (κ2) is 6.87. The highest BCUT2D eigenvalue weighted by Gasteiger charge is 2.38. The molecule has 0 radical (unpaired) electrons. The third-order valence-electron chi connectivity index (χ3n) is 5.79. The normalized spacial score (nSPS) is 21.1. The van der Waals surface area contributed by atoms with E-state index in [-0.39, 0.29) is 17.7 Å². The van der Waals surface area contributed by atoms with Crippen molar-refractivity contribution in [3.63, 3.8) is 0 Å². The second-order valence-corrected chi connectivity index (χ2v) is 7.36. The van der Waals surface area contributed by atoms with Gasteiger partial charge in [0.2, 0.25) is 5.95 Å². The first-order chi connectivity index (χ1) is 13.7. The number of morpholine rings is 1. The van der Waals surface area contributed by atoms with Crippen LogP contribution in [0.3, 0.4) is 0 Å². The maximum atomic E-state index is 12.7. The molecule has 1 saturated heterocycles. The van der Waals surface area contributed by atoms with Crippen LogP contribution < -0.4 is 10.5 Å². The summed E-state index contributed by atoms with van der Waals surface area (Å²) in [6, 6.07) is 14.0. The van der Waals surface area contributed by atoms with E-state index in [4.69, 9.17) is 9.72 Å². The number of hydrogen-bond acceptors (Lipinski definition) is 5. The molecule has 1 aromatic carbocycles. The number of fused-ring (bicyclic) bond motifs is 3. The molecule has 2 aromatic heterocycles. The summed E-state index contributed by atoms with van der Waals surface area (Å²) in [7, 11) is 1.79. The molecule has 2 aliphatic rings. The first-order valence-corrected chi connectivity index (χ1v) is 9.67. The third-order valence-corrected chi connectivity index (χ3v) is 5.79. The Balaban J connectivity index is 1.58. The lowest BCUT2D eigenvalue weighted by atomic mass is 9.84. The zero-order chi connectivity index (χ0) is 19.1. The summed E-state index contributed by atoms with van der Waals surface area (Å²) in [5.41, 5.74) is 4.14. The van der Waals surface area contributed by atoms with Gasteiger partial charge in [-0.05, 0) is 36.1 Å². The SMILES string of the molecule is Cn1c(N2CCO[C@H]3c4ccccc4CC[C@H]32)nc(-c2ccncc2)cc1=O. The predicted molar refractivity (Wildman–Crippen MR) is 107 cm³/mol. The van der Waals surface area contributed by atoms with Crippen LogP contribution in [0.25, 0.3) is 11.3 Å². The van der Waals surface area contributed by atoms with Crippen molar-refractivity contribution in [2.24, 2.45) is 7.05 Å². The Morgan fingerprint density at radius 2 is 1.96 bits per heavy atom. The number of aromatic nitrogens is 3. The Hall–Kier alpha value is -2.99. The van der Waals surface area contributed by atoms with Crippen molar-refractivity contribution >= 4 is 5.95 Å². The van der Waals surface area contributed by atoms with E-state index >= 15 is 0 Å². The van der Waals surface area contributed by atoms with Crippen molar-refractivity contribution in [1.82, 2.24) is 14.5 Å². The monoisotopic (exact) mass is 374 g/mol. The minimum Gasteiger partial charge on any atom is -0.370 e. The number of pyridine rings is 1. The van der Waals surface area contributed by atoms with E-state index in [1.807, 2.05) is 12.1 Å². The highest BCUT2D eigenvalue weighted by Crippen LogP contribution is 2.39. The number of nitrogens with zero attached hydrogens (tertiary/aromatic N) is 4. The highest BCUT2D eigenvalue weighted by atomic mass is 16.5. The van der Waals surface area contributed by atoms with Crippen LogP contribution in [-0.4, -0.2) is 33.7 Å². The van der Waals surface area contributed by atoms with Crippen LogP contribution in [0.5, 0.6) is 0 Å².